The van der Waals surface area contributed by atoms with Crippen LogP contribution in [0, 0.1) is 0 Å². The molecule has 0 saturated carbocycles. The van der Waals surface area contributed by atoms with Gasteiger partial charge in [-0.05, 0) is 43.3 Å². The van der Waals surface area contributed by atoms with E-state index in [9.17, 15) is 13.2 Å². The number of para-hydroxylation sites is 1. The predicted octanol–water partition coefficient (Wildman–Crippen LogP) is 2.20. The number of amides is 1. The van der Waals surface area contributed by atoms with Crippen LogP contribution in [0.2, 0.25) is 0 Å². The number of nitrogens with zero attached hydrogens (tertiary/aromatic N) is 3. The summed E-state index contributed by atoms with van der Waals surface area (Å²) in [6.07, 6.45) is 1.12. The molecule has 0 aliphatic carbocycles. The van der Waals surface area contributed by atoms with E-state index in [4.69, 9.17) is 4.74 Å². The lowest BCUT2D eigenvalue weighted by Crippen LogP contribution is -2.51. The average molecular weight is 418 g/mol. The Morgan fingerprint density at radius 1 is 1.00 bits per heavy atom. The first-order valence-corrected chi connectivity index (χ1v) is 11.5. The number of piperazine rings is 1. The fourth-order valence-electron chi connectivity index (χ4n) is 3.35. The van der Waals surface area contributed by atoms with Gasteiger partial charge in [0.1, 0.15) is 12.3 Å². The monoisotopic (exact) mass is 417 g/mol. The highest BCUT2D eigenvalue weighted by molar-refractivity contribution is 7.92. The van der Waals surface area contributed by atoms with Crippen LogP contribution in [0.15, 0.2) is 54.6 Å². The van der Waals surface area contributed by atoms with Crippen molar-refractivity contribution in [3.05, 3.63) is 54.6 Å². The maximum absolute atomic E-state index is 12.8. The lowest BCUT2D eigenvalue weighted by Gasteiger charge is -2.37. The molecule has 0 aromatic heterocycles. The minimum absolute atomic E-state index is 0.197. The molecule has 2 aromatic rings. The van der Waals surface area contributed by atoms with E-state index < -0.39 is 10.0 Å². The van der Waals surface area contributed by atoms with Crippen molar-refractivity contribution in [1.82, 2.24) is 4.90 Å². The van der Waals surface area contributed by atoms with Crippen molar-refractivity contribution in [2.24, 2.45) is 0 Å². The maximum atomic E-state index is 12.8. The predicted molar refractivity (Wildman–Crippen MR) is 115 cm³/mol. The first kappa shape index (κ1) is 21.0. The van der Waals surface area contributed by atoms with Crippen LogP contribution in [0.3, 0.4) is 0 Å². The van der Waals surface area contributed by atoms with Gasteiger partial charge < -0.3 is 14.5 Å². The van der Waals surface area contributed by atoms with Crippen LogP contribution in [0.4, 0.5) is 11.4 Å². The molecule has 0 spiro atoms. The molecule has 2 aromatic carbocycles. The van der Waals surface area contributed by atoms with Crippen LogP contribution in [-0.2, 0) is 14.8 Å². The first-order chi connectivity index (χ1) is 13.9. The Labute approximate surface area is 172 Å². The zero-order chi connectivity index (χ0) is 20.9. The molecule has 0 N–H and O–H groups in total. The van der Waals surface area contributed by atoms with Crippen molar-refractivity contribution in [2.75, 3.05) is 54.8 Å². The van der Waals surface area contributed by atoms with Gasteiger partial charge in [0.2, 0.25) is 15.9 Å². The van der Waals surface area contributed by atoms with E-state index in [1.165, 1.54) is 0 Å². The largest absolute Gasteiger partial charge is 0.494 e. The van der Waals surface area contributed by atoms with Gasteiger partial charge in [0.25, 0.3) is 0 Å². The van der Waals surface area contributed by atoms with E-state index in [0.717, 1.165) is 29.3 Å². The molecule has 0 bridgehead atoms. The Morgan fingerprint density at radius 2 is 1.62 bits per heavy atom. The molecule has 1 fully saturated rings. The molecule has 8 heteroatoms. The minimum Gasteiger partial charge on any atom is -0.494 e. The molecule has 0 radical (unpaired) electrons. The van der Waals surface area contributed by atoms with Crippen molar-refractivity contribution in [3.63, 3.8) is 0 Å². The normalized spacial score (nSPS) is 14.6. The van der Waals surface area contributed by atoms with E-state index in [1.807, 2.05) is 25.1 Å². The number of carbonyl (C=O) groups excluding carboxylic acids is 1. The molecule has 1 aliphatic heterocycles. The van der Waals surface area contributed by atoms with Gasteiger partial charge in [0, 0.05) is 31.9 Å². The Kier molecular flexibility index (Phi) is 6.64. The number of rotatable bonds is 7. The van der Waals surface area contributed by atoms with Gasteiger partial charge in [0.05, 0.1) is 18.6 Å². The van der Waals surface area contributed by atoms with Gasteiger partial charge in [-0.25, -0.2) is 8.42 Å². The Morgan fingerprint density at radius 3 is 2.17 bits per heavy atom. The van der Waals surface area contributed by atoms with Gasteiger partial charge in [0.15, 0.2) is 0 Å². The molecule has 1 aliphatic rings. The summed E-state index contributed by atoms with van der Waals surface area (Å²) >= 11 is 0. The molecule has 156 valence electrons. The van der Waals surface area contributed by atoms with Crippen molar-refractivity contribution in [1.29, 1.82) is 0 Å². The molecule has 1 saturated heterocycles. The average Bonchev–Trinajstić information content (AvgIpc) is 2.73. The molecular weight excluding hydrogens is 390 g/mol. The summed E-state index contributed by atoms with van der Waals surface area (Å²) in [4.78, 5) is 16.8. The summed E-state index contributed by atoms with van der Waals surface area (Å²) in [5.74, 6) is 0.463. The van der Waals surface area contributed by atoms with Crippen LogP contribution in [-0.4, -0.2) is 64.8 Å². The number of hydrogen-bond donors (Lipinski definition) is 0. The number of carbonyl (C=O) groups is 1. The summed E-state index contributed by atoms with van der Waals surface area (Å²) in [7, 11) is -3.60. The zero-order valence-corrected chi connectivity index (χ0v) is 17.6. The lowest BCUT2D eigenvalue weighted by molar-refractivity contribution is -0.129. The zero-order valence-electron chi connectivity index (χ0n) is 16.8. The third kappa shape index (κ3) is 5.41. The van der Waals surface area contributed by atoms with Crippen LogP contribution < -0.4 is 13.9 Å². The Balaban J connectivity index is 1.65. The molecular formula is C21H27N3O4S. The third-order valence-electron chi connectivity index (χ3n) is 4.87. The van der Waals surface area contributed by atoms with Crippen molar-refractivity contribution < 1.29 is 17.9 Å². The van der Waals surface area contributed by atoms with E-state index >= 15 is 0 Å². The third-order valence-corrected chi connectivity index (χ3v) is 6.01. The second-order valence-corrected chi connectivity index (χ2v) is 8.81. The van der Waals surface area contributed by atoms with Crippen molar-refractivity contribution in [3.8, 4) is 5.75 Å². The van der Waals surface area contributed by atoms with E-state index in [2.05, 4.69) is 17.0 Å². The van der Waals surface area contributed by atoms with Gasteiger partial charge >= 0.3 is 0 Å². The molecule has 1 amide bonds. The Bertz CT molecular complexity index is 909. The summed E-state index contributed by atoms with van der Waals surface area (Å²) < 4.78 is 31.2. The quantitative estimate of drug-likeness (QED) is 0.691. The summed E-state index contributed by atoms with van der Waals surface area (Å²) in [5.41, 5.74) is 1.58. The molecule has 29 heavy (non-hydrogen) atoms. The molecule has 3 rings (SSSR count). The van der Waals surface area contributed by atoms with Gasteiger partial charge in [-0.1, -0.05) is 18.2 Å². The first-order valence-electron chi connectivity index (χ1n) is 9.67. The molecule has 1 heterocycles. The SMILES string of the molecule is CCOc1ccc(N(CC(=O)N2CCN(c3ccccc3)CC2)S(C)(=O)=O)cc1. The van der Waals surface area contributed by atoms with Gasteiger partial charge in [-0.15, -0.1) is 0 Å². The summed E-state index contributed by atoms with van der Waals surface area (Å²) in [6.45, 7) is 4.77. The number of ether oxygens (including phenoxy) is 1. The van der Waals surface area contributed by atoms with Crippen LogP contribution in [0.25, 0.3) is 0 Å². The van der Waals surface area contributed by atoms with Gasteiger partial charge in [-0.2, -0.15) is 0 Å². The van der Waals surface area contributed by atoms with E-state index in [-0.39, 0.29) is 12.5 Å². The fraction of sp³-hybridized carbons (Fsp3) is 0.381. The van der Waals surface area contributed by atoms with E-state index in [0.29, 0.717) is 31.1 Å². The number of benzene rings is 2. The lowest BCUT2D eigenvalue weighted by atomic mass is 10.2. The van der Waals surface area contributed by atoms with Crippen LogP contribution in [0.1, 0.15) is 6.92 Å². The van der Waals surface area contributed by atoms with Crippen molar-refractivity contribution in [2.45, 2.75) is 6.92 Å². The Hall–Kier alpha value is -2.74. The smallest absolute Gasteiger partial charge is 0.243 e. The molecule has 0 unspecified atom stereocenters. The highest BCUT2D eigenvalue weighted by Gasteiger charge is 2.26. The van der Waals surface area contributed by atoms with E-state index in [1.54, 1.807) is 29.2 Å². The standard InChI is InChI=1S/C21H27N3O4S/c1-3-28-20-11-9-19(10-12-20)24(29(2,26)27)17-21(25)23-15-13-22(14-16-23)18-7-5-4-6-8-18/h4-12H,3,13-17H2,1-2H3. The number of hydrogen-bond acceptors (Lipinski definition) is 5. The van der Waals surface area contributed by atoms with Crippen LogP contribution >= 0.6 is 0 Å². The summed E-state index contributed by atoms with van der Waals surface area (Å²) in [5, 5.41) is 0. The molecule has 7 nitrogen and oxygen atoms in total. The van der Waals surface area contributed by atoms with Gasteiger partial charge in [-0.3, -0.25) is 9.10 Å². The minimum atomic E-state index is -3.60. The highest BCUT2D eigenvalue weighted by atomic mass is 32.2. The van der Waals surface area contributed by atoms with Crippen LogP contribution in [0.5, 0.6) is 5.75 Å². The molecule has 0 atom stereocenters. The number of anilines is 2. The van der Waals surface area contributed by atoms with Crippen molar-refractivity contribution >= 4 is 27.3 Å². The maximum Gasteiger partial charge on any atom is 0.243 e. The topological polar surface area (TPSA) is 70.2 Å². The highest BCUT2D eigenvalue weighted by Crippen LogP contribution is 2.22. The number of sulfonamides is 1. The fourth-order valence-corrected chi connectivity index (χ4v) is 4.20. The second kappa shape index (κ2) is 9.17. The second-order valence-electron chi connectivity index (χ2n) is 6.90. The summed E-state index contributed by atoms with van der Waals surface area (Å²) in [6, 6.07) is 16.8.